The van der Waals surface area contributed by atoms with Crippen molar-refractivity contribution in [2.45, 2.75) is 71.1 Å². The average Bonchev–Trinajstić information content (AvgIpc) is 3.01. The van der Waals surface area contributed by atoms with Gasteiger partial charge >= 0.3 is 0 Å². The van der Waals surface area contributed by atoms with Crippen LogP contribution in [0.5, 0.6) is 0 Å². The van der Waals surface area contributed by atoms with E-state index in [1.54, 1.807) is 0 Å². The van der Waals surface area contributed by atoms with Gasteiger partial charge in [0.2, 0.25) is 5.91 Å². The average molecular weight is 444 g/mol. The lowest BCUT2D eigenvalue weighted by Gasteiger charge is -2.29. The highest BCUT2D eigenvalue weighted by molar-refractivity contribution is 5.79. The van der Waals surface area contributed by atoms with E-state index < -0.39 is 0 Å². The summed E-state index contributed by atoms with van der Waals surface area (Å²) in [5.74, 6) is 1.13. The zero-order chi connectivity index (χ0) is 22.6. The third-order valence-corrected chi connectivity index (χ3v) is 6.32. The van der Waals surface area contributed by atoms with Crippen LogP contribution >= 0.6 is 0 Å². The molecule has 32 heavy (non-hydrogen) atoms. The van der Waals surface area contributed by atoms with E-state index in [4.69, 9.17) is 4.99 Å². The first-order chi connectivity index (χ1) is 15.6. The van der Waals surface area contributed by atoms with Gasteiger partial charge in [0.1, 0.15) is 0 Å². The third-order valence-electron chi connectivity index (χ3n) is 6.32. The lowest BCUT2D eigenvalue weighted by molar-refractivity contribution is -0.130. The number of rotatable bonds is 9. The topological polar surface area (TPSA) is 80.2 Å². The molecule has 0 atom stereocenters. The van der Waals surface area contributed by atoms with E-state index >= 15 is 0 Å². The van der Waals surface area contributed by atoms with Gasteiger partial charge in [0.15, 0.2) is 5.96 Å². The highest BCUT2D eigenvalue weighted by atomic mass is 16.3. The summed E-state index contributed by atoms with van der Waals surface area (Å²) in [6.45, 7) is 8.94. The molecule has 0 aliphatic carbocycles. The molecule has 2 fully saturated rings. The van der Waals surface area contributed by atoms with Gasteiger partial charge in [0.25, 0.3) is 0 Å². The monoisotopic (exact) mass is 443 g/mol. The third kappa shape index (κ3) is 8.43. The summed E-state index contributed by atoms with van der Waals surface area (Å²) in [6.07, 6.45) is 6.60. The van der Waals surface area contributed by atoms with Crippen molar-refractivity contribution in [3.05, 3.63) is 35.4 Å². The van der Waals surface area contributed by atoms with Gasteiger partial charge in [-0.25, -0.2) is 4.99 Å². The lowest BCUT2D eigenvalue weighted by Crippen LogP contribution is -2.39. The molecule has 7 heteroatoms. The fraction of sp³-hybridized carbons (Fsp3) is 0.680. The molecular weight excluding hydrogens is 402 g/mol. The first-order valence-electron chi connectivity index (χ1n) is 12.4. The Hall–Kier alpha value is -2.12. The first-order valence-corrected chi connectivity index (χ1v) is 12.4. The van der Waals surface area contributed by atoms with Crippen LogP contribution in [0.1, 0.15) is 63.0 Å². The minimum Gasteiger partial charge on any atom is -0.393 e. The SMILES string of the molecule is CCNC(=NCc1ccc(CN2CCC(O)CC2)cc1)NCCCN1CCCCCC1=O. The van der Waals surface area contributed by atoms with Crippen LogP contribution in [0.15, 0.2) is 29.3 Å². The van der Waals surface area contributed by atoms with Crippen LogP contribution in [0.3, 0.4) is 0 Å². The van der Waals surface area contributed by atoms with Gasteiger partial charge in [-0.1, -0.05) is 30.7 Å². The molecule has 2 aliphatic heterocycles. The van der Waals surface area contributed by atoms with Crippen molar-refractivity contribution >= 4 is 11.9 Å². The number of likely N-dealkylation sites (tertiary alicyclic amines) is 2. The maximum atomic E-state index is 12.1. The van der Waals surface area contributed by atoms with Gasteiger partial charge in [-0.2, -0.15) is 0 Å². The summed E-state index contributed by atoms with van der Waals surface area (Å²) in [4.78, 5) is 21.3. The van der Waals surface area contributed by atoms with Crippen molar-refractivity contribution in [2.75, 3.05) is 39.3 Å². The lowest BCUT2D eigenvalue weighted by atomic mass is 10.1. The number of guanidine groups is 1. The molecule has 2 aliphatic rings. The van der Waals surface area contributed by atoms with Crippen molar-refractivity contribution in [1.29, 1.82) is 0 Å². The molecular formula is C25H41N5O2. The number of aliphatic hydroxyl groups is 1. The molecule has 3 rings (SSSR count). The number of aliphatic hydroxyl groups excluding tert-OH is 1. The number of amides is 1. The van der Waals surface area contributed by atoms with Crippen LogP contribution in [0.2, 0.25) is 0 Å². The summed E-state index contributed by atoms with van der Waals surface area (Å²) in [5, 5.41) is 16.4. The Morgan fingerprint density at radius 1 is 1.06 bits per heavy atom. The molecule has 1 aromatic carbocycles. The molecule has 1 amide bonds. The summed E-state index contributed by atoms with van der Waals surface area (Å²) in [6, 6.07) is 8.70. The Labute approximate surface area is 193 Å². The van der Waals surface area contributed by atoms with E-state index in [0.717, 1.165) is 83.9 Å². The second kappa shape index (κ2) is 13.4. The maximum Gasteiger partial charge on any atom is 0.222 e. The number of benzene rings is 1. The number of hydrogen-bond acceptors (Lipinski definition) is 4. The molecule has 3 N–H and O–H groups in total. The van der Waals surface area contributed by atoms with E-state index in [-0.39, 0.29) is 6.10 Å². The standard InChI is InChI=1S/C25H41N5O2/c1-2-26-25(27-14-6-16-30-15-5-3-4-7-24(30)32)28-19-21-8-10-22(11-9-21)20-29-17-12-23(31)13-18-29/h8-11,23,31H,2-7,12-20H2,1H3,(H2,26,27,28). The van der Waals surface area contributed by atoms with Gasteiger partial charge in [-0.15, -0.1) is 0 Å². The quantitative estimate of drug-likeness (QED) is 0.310. The summed E-state index contributed by atoms with van der Waals surface area (Å²) in [5.41, 5.74) is 2.50. The van der Waals surface area contributed by atoms with Crippen molar-refractivity contribution in [3.63, 3.8) is 0 Å². The molecule has 2 saturated heterocycles. The number of piperidine rings is 1. The molecule has 0 unspecified atom stereocenters. The number of aliphatic imine (C=N–C) groups is 1. The zero-order valence-electron chi connectivity index (χ0n) is 19.7. The number of nitrogens with zero attached hydrogens (tertiary/aromatic N) is 3. The van der Waals surface area contributed by atoms with Crippen LogP contribution in [0, 0.1) is 0 Å². The Balaban J connectivity index is 1.41. The second-order valence-corrected chi connectivity index (χ2v) is 8.99. The van der Waals surface area contributed by atoms with E-state index in [2.05, 4.69) is 46.7 Å². The summed E-state index contributed by atoms with van der Waals surface area (Å²) >= 11 is 0. The largest absolute Gasteiger partial charge is 0.393 e. The van der Waals surface area contributed by atoms with E-state index in [1.807, 2.05) is 4.90 Å². The predicted molar refractivity (Wildman–Crippen MR) is 129 cm³/mol. The minimum atomic E-state index is -0.122. The van der Waals surface area contributed by atoms with Crippen molar-refractivity contribution in [1.82, 2.24) is 20.4 Å². The fourth-order valence-electron chi connectivity index (χ4n) is 4.35. The molecule has 0 saturated carbocycles. The summed E-state index contributed by atoms with van der Waals surface area (Å²) < 4.78 is 0. The number of carbonyl (C=O) groups excluding carboxylic acids is 1. The highest BCUT2D eigenvalue weighted by Gasteiger charge is 2.17. The van der Waals surface area contributed by atoms with Crippen LogP contribution in [-0.4, -0.2) is 72.1 Å². The maximum absolute atomic E-state index is 12.1. The van der Waals surface area contributed by atoms with Gasteiger partial charge in [0, 0.05) is 52.2 Å². The van der Waals surface area contributed by atoms with Gasteiger partial charge in [-0.05, 0) is 50.2 Å². The molecule has 0 aromatic heterocycles. The van der Waals surface area contributed by atoms with Crippen LogP contribution < -0.4 is 10.6 Å². The molecule has 7 nitrogen and oxygen atoms in total. The molecule has 1 aromatic rings. The first kappa shape index (κ1) is 24.5. The molecule has 0 spiro atoms. The number of carbonyl (C=O) groups is 1. The second-order valence-electron chi connectivity index (χ2n) is 8.99. The smallest absolute Gasteiger partial charge is 0.222 e. The van der Waals surface area contributed by atoms with Gasteiger partial charge in [0.05, 0.1) is 12.6 Å². The van der Waals surface area contributed by atoms with Crippen molar-refractivity contribution < 1.29 is 9.90 Å². The van der Waals surface area contributed by atoms with Gasteiger partial charge in [-0.3, -0.25) is 9.69 Å². The Bertz CT molecular complexity index is 714. The Morgan fingerprint density at radius 2 is 1.81 bits per heavy atom. The number of nitrogens with one attached hydrogen (secondary N) is 2. The molecule has 0 radical (unpaired) electrons. The Kier molecular flexibility index (Phi) is 10.3. The zero-order valence-corrected chi connectivity index (χ0v) is 19.7. The van der Waals surface area contributed by atoms with Crippen LogP contribution in [-0.2, 0) is 17.9 Å². The normalized spacial score (nSPS) is 19.1. The Morgan fingerprint density at radius 3 is 2.56 bits per heavy atom. The van der Waals surface area contributed by atoms with Crippen LogP contribution in [0.4, 0.5) is 0 Å². The van der Waals surface area contributed by atoms with Gasteiger partial charge < -0.3 is 20.6 Å². The molecule has 178 valence electrons. The number of hydrogen-bond donors (Lipinski definition) is 3. The van der Waals surface area contributed by atoms with E-state index in [0.29, 0.717) is 18.9 Å². The van der Waals surface area contributed by atoms with E-state index in [1.165, 1.54) is 17.5 Å². The molecule has 2 heterocycles. The summed E-state index contributed by atoms with van der Waals surface area (Å²) in [7, 11) is 0. The molecule has 0 bridgehead atoms. The fourth-order valence-corrected chi connectivity index (χ4v) is 4.35. The minimum absolute atomic E-state index is 0.122. The highest BCUT2D eigenvalue weighted by Crippen LogP contribution is 2.15. The predicted octanol–water partition coefficient (Wildman–Crippen LogP) is 2.49. The van der Waals surface area contributed by atoms with E-state index in [9.17, 15) is 9.90 Å². The van der Waals surface area contributed by atoms with Crippen molar-refractivity contribution in [3.8, 4) is 0 Å². The van der Waals surface area contributed by atoms with Crippen molar-refractivity contribution in [2.24, 2.45) is 4.99 Å². The van der Waals surface area contributed by atoms with Crippen LogP contribution in [0.25, 0.3) is 0 Å².